The van der Waals surface area contributed by atoms with Crippen molar-refractivity contribution in [3.8, 4) is 0 Å². The quantitative estimate of drug-likeness (QED) is 0.564. The highest BCUT2D eigenvalue weighted by Crippen LogP contribution is 2.30. The predicted molar refractivity (Wildman–Crippen MR) is 125 cm³/mol. The number of aliphatic hydroxyl groups is 1. The van der Waals surface area contributed by atoms with E-state index in [1.54, 1.807) is 35.1 Å². The summed E-state index contributed by atoms with van der Waals surface area (Å²) in [7, 11) is -3.54. The zero-order valence-electron chi connectivity index (χ0n) is 17.8. The molecule has 32 heavy (non-hydrogen) atoms. The molecule has 1 aromatic heterocycles. The van der Waals surface area contributed by atoms with Crippen molar-refractivity contribution in [2.45, 2.75) is 49.6 Å². The van der Waals surface area contributed by atoms with Gasteiger partial charge in [-0.1, -0.05) is 29.8 Å². The topological polar surface area (TPSA) is 101 Å². The number of fused-ring (bicyclic) bond motifs is 1. The van der Waals surface area contributed by atoms with Crippen LogP contribution in [-0.4, -0.2) is 41.6 Å². The van der Waals surface area contributed by atoms with Gasteiger partial charge < -0.3 is 10.4 Å². The Labute approximate surface area is 192 Å². The molecular formula is C23H26ClN3O4S. The summed E-state index contributed by atoms with van der Waals surface area (Å²) < 4.78 is 26.7. The molecule has 170 valence electrons. The minimum atomic E-state index is -3.54. The molecule has 0 radical (unpaired) electrons. The molecule has 0 spiro atoms. The average Bonchev–Trinajstić information content (AvgIpc) is 3.12. The van der Waals surface area contributed by atoms with E-state index in [1.165, 1.54) is 6.07 Å². The van der Waals surface area contributed by atoms with Crippen LogP contribution in [0.25, 0.3) is 10.9 Å². The number of nitrogens with one attached hydrogen (secondary N) is 1. The van der Waals surface area contributed by atoms with Crippen molar-refractivity contribution in [3.63, 3.8) is 0 Å². The molecular weight excluding hydrogens is 450 g/mol. The minimum absolute atomic E-state index is 0.0773. The number of aromatic nitrogens is 2. The normalized spacial score (nSPS) is 19.2. The van der Waals surface area contributed by atoms with Crippen LogP contribution < -0.4 is 5.32 Å². The third kappa shape index (κ3) is 5.31. The summed E-state index contributed by atoms with van der Waals surface area (Å²) in [6.45, 7) is 0.665. The maximum Gasteiger partial charge on any atom is 0.228 e. The van der Waals surface area contributed by atoms with E-state index in [1.807, 2.05) is 6.07 Å². The number of amides is 1. The highest BCUT2D eigenvalue weighted by Gasteiger charge is 2.22. The van der Waals surface area contributed by atoms with E-state index in [9.17, 15) is 18.3 Å². The van der Waals surface area contributed by atoms with E-state index in [2.05, 4.69) is 10.4 Å². The number of rotatable bonds is 6. The monoisotopic (exact) mass is 475 g/mol. The first kappa shape index (κ1) is 22.8. The fourth-order valence-electron chi connectivity index (χ4n) is 4.23. The first-order chi connectivity index (χ1) is 15.2. The molecule has 1 heterocycles. The number of anilines is 1. The summed E-state index contributed by atoms with van der Waals surface area (Å²) in [5.41, 5.74) is 1.58. The number of halogens is 1. The van der Waals surface area contributed by atoms with Gasteiger partial charge in [0.1, 0.15) is 0 Å². The molecule has 3 aromatic rings. The van der Waals surface area contributed by atoms with Crippen molar-refractivity contribution in [2.75, 3.05) is 11.6 Å². The van der Waals surface area contributed by atoms with Gasteiger partial charge in [0.15, 0.2) is 9.84 Å². The van der Waals surface area contributed by atoms with Gasteiger partial charge >= 0.3 is 0 Å². The lowest BCUT2D eigenvalue weighted by Gasteiger charge is -2.25. The number of carbonyl (C=O) groups excluding carboxylic acids is 1. The van der Waals surface area contributed by atoms with Crippen LogP contribution in [-0.2, 0) is 27.6 Å². The third-order valence-electron chi connectivity index (χ3n) is 5.89. The van der Waals surface area contributed by atoms with Crippen LogP contribution in [0.2, 0.25) is 5.02 Å². The molecule has 0 saturated heterocycles. The van der Waals surface area contributed by atoms with Crippen LogP contribution in [0.1, 0.15) is 31.2 Å². The maximum absolute atomic E-state index is 12.6. The van der Waals surface area contributed by atoms with Gasteiger partial charge in [-0.05, 0) is 55.4 Å². The number of aliphatic hydroxyl groups excluding tert-OH is 1. The van der Waals surface area contributed by atoms with Crippen LogP contribution in [0, 0.1) is 5.92 Å². The second-order valence-electron chi connectivity index (χ2n) is 8.52. The van der Waals surface area contributed by atoms with E-state index >= 15 is 0 Å². The fraction of sp³-hybridized carbons (Fsp3) is 0.391. The lowest BCUT2D eigenvalue weighted by atomic mass is 9.87. The Morgan fingerprint density at radius 3 is 2.62 bits per heavy atom. The number of carbonyl (C=O) groups is 1. The largest absolute Gasteiger partial charge is 0.393 e. The lowest BCUT2D eigenvalue weighted by molar-refractivity contribution is -0.115. The highest BCUT2D eigenvalue weighted by molar-refractivity contribution is 7.91. The first-order valence-electron chi connectivity index (χ1n) is 10.6. The van der Waals surface area contributed by atoms with Crippen LogP contribution in [0.5, 0.6) is 0 Å². The molecule has 2 N–H and O–H groups in total. The molecule has 1 fully saturated rings. The molecule has 1 saturated carbocycles. The predicted octanol–water partition coefficient (Wildman–Crippen LogP) is 3.83. The number of hydrogen-bond acceptors (Lipinski definition) is 5. The van der Waals surface area contributed by atoms with Crippen molar-refractivity contribution in [1.29, 1.82) is 0 Å². The smallest absolute Gasteiger partial charge is 0.228 e. The zero-order valence-corrected chi connectivity index (χ0v) is 19.4. The summed E-state index contributed by atoms with van der Waals surface area (Å²) in [6, 6.07) is 10.3. The van der Waals surface area contributed by atoms with Gasteiger partial charge in [0.05, 0.1) is 22.9 Å². The molecule has 0 bridgehead atoms. The van der Waals surface area contributed by atoms with Gasteiger partial charge in [-0.15, -0.1) is 0 Å². The summed E-state index contributed by atoms with van der Waals surface area (Å²) >= 11 is 6.14. The van der Waals surface area contributed by atoms with Crippen molar-refractivity contribution >= 4 is 43.9 Å². The molecule has 7 nitrogen and oxygen atoms in total. The first-order valence-corrected chi connectivity index (χ1v) is 12.9. The van der Waals surface area contributed by atoms with Gasteiger partial charge in [0.2, 0.25) is 5.91 Å². The Hall–Kier alpha value is -2.42. The molecule has 4 rings (SSSR count). The van der Waals surface area contributed by atoms with E-state index in [0.717, 1.165) is 31.9 Å². The lowest BCUT2D eigenvalue weighted by Crippen LogP contribution is -2.21. The second kappa shape index (κ2) is 9.21. The summed E-state index contributed by atoms with van der Waals surface area (Å²) in [5, 5.41) is 18.1. The Balaban J connectivity index is 1.59. The Kier molecular flexibility index (Phi) is 6.55. The van der Waals surface area contributed by atoms with E-state index in [0.29, 0.717) is 39.6 Å². The fourth-order valence-corrected chi connectivity index (χ4v) is 5.33. The van der Waals surface area contributed by atoms with Crippen molar-refractivity contribution in [1.82, 2.24) is 9.78 Å². The van der Waals surface area contributed by atoms with Crippen molar-refractivity contribution in [2.24, 2.45) is 5.92 Å². The van der Waals surface area contributed by atoms with Crippen LogP contribution >= 0.6 is 11.6 Å². The van der Waals surface area contributed by atoms with E-state index < -0.39 is 9.84 Å². The third-order valence-corrected chi connectivity index (χ3v) is 7.39. The van der Waals surface area contributed by atoms with Gasteiger partial charge in [0, 0.05) is 35.1 Å². The SMILES string of the molecule is CS(=O)(=O)c1cc(NC(=O)Cc2ccccc2Cl)cc2nn(CC3CCC(O)CC3)cc12. The zero-order chi connectivity index (χ0) is 22.9. The molecule has 1 amide bonds. The molecule has 0 atom stereocenters. The number of sulfone groups is 1. The van der Waals surface area contributed by atoms with Gasteiger partial charge in [-0.2, -0.15) is 5.10 Å². The Morgan fingerprint density at radius 1 is 1.22 bits per heavy atom. The number of hydrogen-bond donors (Lipinski definition) is 2. The molecule has 9 heteroatoms. The summed E-state index contributed by atoms with van der Waals surface area (Å²) in [6.07, 6.45) is 6.15. The molecule has 2 aromatic carbocycles. The van der Waals surface area contributed by atoms with Crippen molar-refractivity contribution in [3.05, 3.63) is 53.2 Å². The number of benzene rings is 2. The second-order valence-corrected chi connectivity index (χ2v) is 10.9. The highest BCUT2D eigenvalue weighted by atomic mass is 35.5. The molecule has 0 unspecified atom stereocenters. The Morgan fingerprint density at radius 2 is 1.94 bits per heavy atom. The standard InChI is InChI=1S/C23H26ClN3O4S/c1-32(30,31)22-12-17(25-23(29)10-16-4-2-3-5-20(16)24)11-21-19(22)14-27(26-21)13-15-6-8-18(28)9-7-15/h2-5,11-12,14-15,18,28H,6-10,13H2,1H3,(H,25,29). The number of nitrogens with zero attached hydrogens (tertiary/aromatic N) is 2. The summed E-state index contributed by atoms with van der Waals surface area (Å²) in [5.74, 6) is 0.0984. The van der Waals surface area contributed by atoms with Crippen LogP contribution in [0.4, 0.5) is 5.69 Å². The van der Waals surface area contributed by atoms with Gasteiger partial charge in [0.25, 0.3) is 0 Å². The molecule has 1 aliphatic rings. The van der Waals surface area contributed by atoms with Gasteiger partial charge in [-0.25, -0.2) is 8.42 Å². The van der Waals surface area contributed by atoms with Gasteiger partial charge in [-0.3, -0.25) is 9.48 Å². The maximum atomic E-state index is 12.6. The Bertz CT molecular complexity index is 1250. The van der Waals surface area contributed by atoms with Crippen LogP contribution in [0.3, 0.4) is 0 Å². The van der Waals surface area contributed by atoms with Crippen LogP contribution in [0.15, 0.2) is 47.5 Å². The van der Waals surface area contributed by atoms with Crippen molar-refractivity contribution < 1.29 is 18.3 Å². The summed E-state index contributed by atoms with van der Waals surface area (Å²) in [4.78, 5) is 12.7. The molecule has 1 aliphatic carbocycles. The van der Waals surface area contributed by atoms with E-state index in [4.69, 9.17) is 11.6 Å². The average molecular weight is 476 g/mol. The molecule has 0 aliphatic heterocycles. The van der Waals surface area contributed by atoms with E-state index in [-0.39, 0.29) is 23.3 Å². The minimum Gasteiger partial charge on any atom is -0.393 e.